The molecular formula is C9H6Br2S. The van der Waals surface area contributed by atoms with E-state index in [0.717, 1.165) is 0 Å². The summed E-state index contributed by atoms with van der Waals surface area (Å²) in [6, 6.07) is 8.43. The second-order valence-corrected chi connectivity index (χ2v) is 6.46. The Balaban J connectivity index is 2.70. The standard InChI is InChI=1S/C9H6Br2S/c10-9(11)7-5-12-8-4-2-1-3-6(7)8/h1-5,9H. The van der Waals surface area contributed by atoms with Crippen molar-refractivity contribution in [2.45, 2.75) is 3.74 Å². The SMILES string of the molecule is BrC(Br)c1csc2ccccc12. The summed E-state index contributed by atoms with van der Waals surface area (Å²) < 4.78 is 1.61. The molecule has 2 aromatic rings. The number of benzene rings is 1. The van der Waals surface area contributed by atoms with Crippen molar-refractivity contribution in [3.8, 4) is 0 Å². The fourth-order valence-corrected chi connectivity index (χ4v) is 3.26. The number of rotatable bonds is 1. The van der Waals surface area contributed by atoms with Crippen LogP contribution < -0.4 is 0 Å². The normalized spacial score (nSPS) is 11.2. The number of hydrogen-bond acceptors (Lipinski definition) is 1. The van der Waals surface area contributed by atoms with Gasteiger partial charge in [-0.25, -0.2) is 0 Å². The molecule has 0 saturated carbocycles. The van der Waals surface area contributed by atoms with Crippen LogP contribution in [0, 0.1) is 0 Å². The molecule has 0 unspecified atom stereocenters. The van der Waals surface area contributed by atoms with Crippen LogP contribution in [0.25, 0.3) is 10.1 Å². The van der Waals surface area contributed by atoms with E-state index >= 15 is 0 Å². The van der Waals surface area contributed by atoms with Gasteiger partial charge in [0.1, 0.15) is 0 Å². The molecule has 12 heavy (non-hydrogen) atoms. The van der Waals surface area contributed by atoms with Crippen molar-refractivity contribution in [1.82, 2.24) is 0 Å². The van der Waals surface area contributed by atoms with Gasteiger partial charge in [-0.05, 0) is 22.4 Å². The quantitative estimate of drug-likeness (QED) is 0.671. The number of halogens is 2. The van der Waals surface area contributed by atoms with E-state index in [1.165, 1.54) is 15.6 Å². The molecule has 0 spiro atoms. The summed E-state index contributed by atoms with van der Waals surface area (Å²) in [4.78, 5) is 0. The van der Waals surface area contributed by atoms with Gasteiger partial charge in [0.25, 0.3) is 0 Å². The molecule has 0 aliphatic heterocycles. The average Bonchev–Trinajstić information content (AvgIpc) is 2.47. The zero-order chi connectivity index (χ0) is 8.55. The molecule has 0 radical (unpaired) electrons. The zero-order valence-electron chi connectivity index (χ0n) is 6.13. The Hall–Kier alpha value is 0.140. The van der Waals surface area contributed by atoms with Gasteiger partial charge in [-0.1, -0.05) is 50.1 Å². The van der Waals surface area contributed by atoms with Gasteiger partial charge in [0.2, 0.25) is 0 Å². The molecule has 2 rings (SSSR count). The Morgan fingerprint density at radius 3 is 2.67 bits per heavy atom. The van der Waals surface area contributed by atoms with Gasteiger partial charge < -0.3 is 0 Å². The van der Waals surface area contributed by atoms with E-state index in [2.05, 4.69) is 61.5 Å². The van der Waals surface area contributed by atoms with Crippen molar-refractivity contribution < 1.29 is 0 Å². The second kappa shape index (κ2) is 3.48. The molecule has 0 fully saturated rings. The first-order valence-electron chi connectivity index (χ1n) is 3.53. The largest absolute Gasteiger partial charge is 0.143 e. The third-order valence-electron chi connectivity index (χ3n) is 1.75. The first kappa shape index (κ1) is 8.73. The van der Waals surface area contributed by atoms with Gasteiger partial charge in [-0.15, -0.1) is 11.3 Å². The summed E-state index contributed by atoms with van der Waals surface area (Å²) in [5.74, 6) is 0. The van der Waals surface area contributed by atoms with Crippen molar-refractivity contribution >= 4 is 53.3 Å². The number of alkyl halides is 2. The molecule has 0 nitrogen and oxygen atoms in total. The molecule has 0 bridgehead atoms. The van der Waals surface area contributed by atoms with Crippen LogP contribution in [0.5, 0.6) is 0 Å². The van der Waals surface area contributed by atoms with Crippen molar-refractivity contribution in [1.29, 1.82) is 0 Å². The topological polar surface area (TPSA) is 0 Å². The van der Waals surface area contributed by atoms with Gasteiger partial charge >= 0.3 is 0 Å². The molecule has 1 aromatic heterocycles. The van der Waals surface area contributed by atoms with Crippen LogP contribution in [0.15, 0.2) is 29.6 Å². The number of hydrogen-bond donors (Lipinski definition) is 0. The monoisotopic (exact) mass is 304 g/mol. The smallest absolute Gasteiger partial charge is 0.0960 e. The van der Waals surface area contributed by atoms with Crippen LogP contribution in [0.1, 0.15) is 9.30 Å². The lowest BCUT2D eigenvalue weighted by Crippen LogP contribution is -1.74. The predicted molar refractivity (Wildman–Crippen MR) is 62.4 cm³/mol. The summed E-state index contributed by atoms with van der Waals surface area (Å²) in [7, 11) is 0. The minimum Gasteiger partial charge on any atom is -0.143 e. The van der Waals surface area contributed by atoms with Gasteiger partial charge in [-0.2, -0.15) is 0 Å². The lowest BCUT2D eigenvalue weighted by molar-refractivity contribution is 1.53. The van der Waals surface area contributed by atoms with Crippen LogP contribution in [-0.4, -0.2) is 0 Å². The van der Waals surface area contributed by atoms with Crippen LogP contribution in [0.4, 0.5) is 0 Å². The molecule has 62 valence electrons. The van der Waals surface area contributed by atoms with Crippen LogP contribution in [0.3, 0.4) is 0 Å². The van der Waals surface area contributed by atoms with Crippen LogP contribution in [0.2, 0.25) is 0 Å². The molecular weight excluding hydrogens is 300 g/mol. The average molecular weight is 306 g/mol. The molecule has 1 aromatic carbocycles. The van der Waals surface area contributed by atoms with E-state index in [-0.39, 0.29) is 3.74 Å². The highest BCUT2D eigenvalue weighted by molar-refractivity contribution is 9.24. The minimum absolute atomic E-state index is 0.265. The maximum absolute atomic E-state index is 3.51. The zero-order valence-corrected chi connectivity index (χ0v) is 10.1. The molecule has 0 aliphatic rings. The summed E-state index contributed by atoms with van der Waals surface area (Å²) in [5.41, 5.74) is 1.32. The maximum Gasteiger partial charge on any atom is 0.0960 e. The summed E-state index contributed by atoms with van der Waals surface area (Å²) in [5, 5.41) is 3.51. The third kappa shape index (κ3) is 1.45. The van der Waals surface area contributed by atoms with E-state index in [1.807, 2.05) is 0 Å². The molecule has 0 amide bonds. The Morgan fingerprint density at radius 1 is 1.17 bits per heavy atom. The third-order valence-corrected chi connectivity index (χ3v) is 3.71. The fraction of sp³-hybridized carbons (Fsp3) is 0.111. The van der Waals surface area contributed by atoms with E-state index < -0.39 is 0 Å². The van der Waals surface area contributed by atoms with Crippen LogP contribution in [-0.2, 0) is 0 Å². The molecule has 0 atom stereocenters. The van der Waals surface area contributed by atoms with E-state index in [1.54, 1.807) is 11.3 Å². The minimum atomic E-state index is 0.265. The first-order chi connectivity index (χ1) is 5.79. The number of fused-ring (bicyclic) bond motifs is 1. The summed E-state index contributed by atoms with van der Waals surface area (Å²) in [6.45, 7) is 0. The highest BCUT2D eigenvalue weighted by Gasteiger charge is 2.08. The van der Waals surface area contributed by atoms with Gasteiger partial charge in [0.15, 0.2) is 0 Å². The predicted octanol–water partition coefficient (Wildman–Crippen LogP) is 4.69. The van der Waals surface area contributed by atoms with E-state index in [0.29, 0.717) is 0 Å². The van der Waals surface area contributed by atoms with Gasteiger partial charge in [0, 0.05) is 4.70 Å². The Morgan fingerprint density at radius 2 is 1.92 bits per heavy atom. The molecule has 0 aliphatic carbocycles. The fourth-order valence-electron chi connectivity index (χ4n) is 1.17. The van der Waals surface area contributed by atoms with Crippen molar-refractivity contribution in [3.05, 3.63) is 35.2 Å². The Labute approximate surface area is 91.9 Å². The Kier molecular flexibility index (Phi) is 2.53. The van der Waals surface area contributed by atoms with Crippen LogP contribution >= 0.6 is 43.2 Å². The lowest BCUT2D eigenvalue weighted by atomic mass is 10.2. The number of thiophene rings is 1. The summed E-state index contributed by atoms with van der Waals surface area (Å²) >= 11 is 8.79. The van der Waals surface area contributed by atoms with Crippen molar-refractivity contribution in [3.63, 3.8) is 0 Å². The maximum atomic E-state index is 3.51. The molecule has 0 saturated heterocycles. The Bertz CT molecular complexity index is 392. The van der Waals surface area contributed by atoms with Gasteiger partial charge in [0.05, 0.1) is 3.74 Å². The van der Waals surface area contributed by atoms with Crippen molar-refractivity contribution in [2.24, 2.45) is 0 Å². The lowest BCUT2D eigenvalue weighted by Gasteiger charge is -1.97. The van der Waals surface area contributed by atoms with Gasteiger partial charge in [-0.3, -0.25) is 0 Å². The summed E-state index contributed by atoms with van der Waals surface area (Å²) in [6.07, 6.45) is 0. The van der Waals surface area contributed by atoms with E-state index in [9.17, 15) is 0 Å². The molecule has 0 N–H and O–H groups in total. The highest BCUT2D eigenvalue weighted by atomic mass is 79.9. The highest BCUT2D eigenvalue weighted by Crippen LogP contribution is 2.37. The second-order valence-electron chi connectivity index (χ2n) is 2.49. The first-order valence-corrected chi connectivity index (χ1v) is 6.24. The van der Waals surface area contributed by atoms with E-state index in [4.69, 9.17) is 0 Å². The van der Waals surface area contributed by atoms with Crippen molar-refractivity contribution in [2.75, 3.05) is 0 Å². The molecule has 3 heteroatoms. The molecule has 1 heterocycles.